The number of nitrogens with zero attached hydrogens (tertiary/aromatic N) is 3. The second-order valence-electron chi connectivity index (χ2n) is 6.62. The Labute approximate surface area is 159 Å². The van der Waals surface area contributed by atoms with Gasteiger partial charge in [0, 0.05) is 32.4 Å². The summed E-state index contributed by atoms with van der Waals surface area (Å²) in [5, 5.41) is 0. The third-order valence-corrected chi connectivity index (χ3v) is 6.79. The highest BCUT2D eigenvalue weighted by atomic mass is 32.2. The Morgan fingerprint density at radius 3 is 2.48 bits per heavy atom. The molecule has 2 aromatic rings. The molecule has 1 aromatic carbocycles. The SMILES string of the molecule is COc1cccc(OC)c1-c1nccn1[C@@H]1COC[C@@H]1CS(=O)(=O)N(C)C. The maximum absolute atomic E-state index is 12.4. The molecule has 1 aliphatic heterocycles. The number of rotatable bonds is 7. The van der Waals surface area contributed by atoms with Gasteiger partial charge in [-0.15, -0.1) is 0 Å². The van der Waals surface area contributed by atoms with Crippen LogP contribution in [0, 0.1) is 5.92 Å². The van der Waals surface area contributed by atoms with Gasteiger partial charge in [-0.2, -0.15) is 0 Å². The highest BCUT2D eigenvalue weighted by Gasteiger charge is 2.36. The summed E-state index contributed by atoms with van der Waals surface area (Å²) in [7, 11) is 2.94. The molecule has 2 heterocycles. The number of sulfonamides is 1. The molecule has 0 N–H and O–H groups in total. The molecular formula is C18H25N3O5S. The van der Waals surface area contributed by atoms with Crippen molar-refractivity contribution in [2.45, 2.75) is 6.04 Å². The molecular weight excluding hydrogens is 370 g/mol. The van der Waals surface area contributed by atoms with Crippen LogP contribution in [0.1, 0.15) is 6.04 Å². The van der Waals surface area contributed by atoms with Crippen LogP contribution >= 0.6 is 0 Å². The normalized spacial score (nSPS) is 20.2. The van der Waals surface area contributed by atoms with E-state index in [1.807, 2.05) is 29.0 Å². The summed E-state index contributed by atoms with van der Waals surface area (Å²) in [6.07, 6.45) is 3.53. The summed E-state index contributed by atoms with van der Waals surface area (Å²) < 4.78 is 44.6. The minimum absolute atomic E-state index is 0.0192. The average Bonchev–Trinajstić information content (AvgIpc) is 3.29. The molecule has 0 amide bonds. The van der Waals surface area contributed by atoms with Crippen molar-refractivity contribution in [1.29, 1.82) is 0 Å². The lowest BCUT2D eigenvalue weighted by atomic mass is 10.0. The molecule has 8 nitrogen and oxygen atoms in total. The summed E-state index contributed by atoms with van der Waals surface area (Å²) in [5.74, 6) is 1.78. The Morgan fingerprint density at radius 2 is 1.89 bits per heavy atom. The Balaban J connectivity index is 2.01. The van der Waals surface area contributed by atoms with Crippen molar-refractivity contribution < 1.29 is 22.6 Å². The van der Waals surface area contributed by atoms with Gasteiger partial charge in [0.05, 0.1) is 39.2 Å². The first kappa shape index (κ1) is 19.7. The monoisotopic (exact) mass is 395 g/mol. The van der Waals surface area contributed by atoms with Crippen LogP contribution in [0.2, 0.25) is 0 Å². The van der Waals surface area contributed by atoms with Gasteiger partial charge in [0.25, 0.3) is 0 Å². The number of hydrogen-bond acceptors (Lipinski definition) is 6. The Kier molecular flexibility index (Phi) is 5.73. The first-order valence-electron chi connectivity index (χ1n) is 8.61. The molecule has 0 bridgehead atoms. The van der Waals surface area contributed by atoms with Gasteiger partial charge in [-0.25, -0.2) is 17.7 Å². The van der Waals surface area contributed by atoms with E-state index in [4.69, 9.17) is 14.2 Å². The van der Waals surface area contributed by atoms with Crippen molar-refractivity contribution in [1.82, 2.24) is 13.9 Å². The minimum Gasteiger partial charge on any atom is -0.496 e. The van der Waals surface area contributed by atoms with Gasteiger partial charge >= 0.3 is 0 Å². The van der Waals surface area contributed by atoms with Gasteiger partial charge in [-0.05, 0) is 12.1 Å². The molecule has 1 aliphatic rings. The van der Waals surface area contributed by atoms with E-state index >= 15 is 0 Å². The standard InChI is InChI=1S/C18H25N3O5S/c1-20(2)27(22,23)12-13-10-26-11-14(13)21-9-8-19-18(21)17-15(24-3)6-5-7-16(17)25-4/h5-9,13-14H,10-12H2,1-4H3/t13-,14-/m1/s1. The fourth-order valence-corrected chi connectivity index (χ4v) is 4.48. The van der Waals surface area contributed by atoms with Crippen LogP contribution in [0.25, 0.3) is 11.4 Å². The van der Waals surface area contributed by atoms with Gasteiger partial charge in [-0.1, -0.05) is 6.07 Å². The molecule has 1 fully saturated rings. The highest BCUT2D eigenvalue weighted by Crippen LogP contribution is 2.40. The summed E-state index contributed by atoms with van der Waals surface area (Å²) in [6.45, 7) is 0.812. The van der Waals surface area contributed by atoms with Crippen molar-refractivity contribution in [3.8, 4) is 22.9 Å². The molecule has 1 aromatic heterocycles. The van der Waals surface area contributed by atoms with Gasteiger partial charge in [0.1, 0.15) is 22.9 Å². The smallest absolute Gasteiger partial charge is 0.214 e. The molecule has 148 valence electrons. The second-order valence-corrected chi connectivity index (χ2v) is 8.85. The molecule has 0 saturated carbocycles. The van der Waals surface area contributed by atoms with Crippen LogP contribution in [0.5, 0.6) is 11.5 Å². The van der Waals surface area contributed by atoms with Crippen LogP contribution in [0.4, 0.5) is 0 Å². The van der Waals surface area contributed by atoms with Crippen LogP contribution in [-0.4, -0.2) is 69.6 Å². The predicted molar refractivity (Wildman–Crippen MR) is 102 cm³/mol. The zero-order chi connectivity index (χ0) is 19.6. The van der Waals surface area contributed by atoms with Crippen LogP contribution in [-0.2, 0) is 14.8 Å². The van der Waals surface area contributed by atoms with Crippen LogP contribution < -0.4 is 9.47 Å². The van der Waals surface area contributed by atoms with Gasteiger partial charge < -0.3 is 18.8 Å². The van der Waals surface area contributed by atoms with Crippen LogP contribution in [0.15, 0.2) is 30.6 Å². The first-order chi connectivity index (χ1) is 12.9. The maximum atomic E-state index is 12.4. The summed E-state index contributed by atoms with van der Waals surface area (Å²) >= 11 is 0. The Morgan fingerprint density at radius 1 is 1.22 bits per heavy atom. The fraction of sp³-hybridized carbons (Fsp3) is 0.500. The first-order valence-corrected chi connectivity index (χ1v) is 10.2. The lowest BCUT2D eigenvalue weighted by Gasteiger charge is -2.23. The van der Waals surface area contributed by atoms with Gasteiger partial charge in [0.2, 0.25) is 10.0 Å². The molecule has 0 aliphatic carbocycles. The van der Waals surface area contributed by atoms with Crippen molar-refractivity contribution in [3.63, 3.8) is 0 Å². The van der Waals surface area contributed by atoms with Crippen molar-refractivity contribution in [2.24, 2.45) is 5.92 Å². The topological polar surface area (TPSA) is 82.9 Å². The number of benzene rings is 1. The molecule has 0 spiro atoms. The van der Waals surface area contributed by atoms with Gasteiger partial charge in [-0.3, -0.25) is 0 Å². The van der Waals surface area contributed by atoms with E-state index in [9.17, 15) is 8.42 Å². The molecule has 0 unspecified atom stereocenters. The van der Waals surface area contributed by atoms with E-state index in [1.165, 1.54) is 4.31 Å². The van der Waals surface area contributed by atoms with E-state index in [2.05, 4.69) is 4.98 Å². The largest absolute Gasteiger partial charge is 0.496 e. The molecule has 2 atom stereocenters. The molecule has 0 radical (unpaired) electrons. The molecule has 27 heavy (non-hydrogen) atoms. The number of hydrogen-bond donors (Lipinski definition) is 0. The average molecular weight is 395 g/mol. The predicted octanol–water partition coefficient (Wildman–Crippen LogP) is 1.65. The maximum Gasteiger partial charge on any atom is 0.214 e. The number of ether oxygens (including phenoxy) is 3. The van der Waals surface area contributed by atoms with E-state index in [0.717, 1.165) is 5.56 Å². The lowest BCUT2D eigenvalue weighted by molar-refractivity contribution is 0.182. The van der Waals surface area contributed by atoms with E-state index < -0.39 is 10.0 Å². The summed E-state index contributed by atoms with van der Waals surface area (Å²) in [4.78, 5) is 4.50. The van der Waals surface area contributed by atoms with Crippen molar-refractivity contribution >= 4 is 10.0 Å². The second kappa shape index (κ2) is 7.87. The Bertz CT molecular complexity index is 872. The number of methoxy groups -OCH3 is 2. The minimum atomic E-state index is -3.34. The fourth-order valence-electron chi connectivity index (χ4n) is 3.32. The number of aromatic nitrogens is 2. The zero-order valence-electron chi connectivity index (χ0n) is 16.0. The van der Waals surface area contributed by atoms with Crippen LogP contribution in [0.3, 0.4) is 0 Å². The third kappa shape index (κ3) is 3.80. The highest BCUT2D eigenvalue weighted by molar-refractivity contribution is 7.89. The number of imidazole rings is 1. The van der Waals surface area contributed by atoms with E-state index in [-0.39, 0.29) is 17.7 Å². The summed E-state index contributed by atoms with van der Waals surface area (Å²) in [6, 6.07) is 5.39. The summed E-state index contributed by atoms with van der Waals surface area (Å²) in [5.41, 5.74) is 0.730. The van der Waals surface area contributed by atoms with E-state index in [1.54, 1.807) is 34.5 Å². The third-order valence-electron chi connectivity index (χ3n) is 4.82. The van der Waals surface area contributed by atoms with Crippen molar-refractivity contribution in [2.75, 3.05) is 47.3 Å². The molecule has 9 heteroatoms. The molecule has 1 saturated heterocycles. The van der Waals surface area contributed by atoms with Crippen molar-refractivity contribution in [3.05, 3.63) is 30.6 Å². The quantitative estimate of drug-likeness (QED) is 0.709. The van der Waals surface area contributed by atoms with E-state index in [0.29, 0.717) is 30.5 Å². The molecule has 3 rings (SSSR count). The Hall–Kier alpha value is -2.10. The lowest BCUT2D eigenvalue weighted by Crippen LogP contribution is -2.32. The van der Waals surface area contributed by atoms with Gasteiger partial charge in [0.15, 0.2) is 0 Å². The zero-order valence-corrected chi connectivity index (χ0v) is 16.8.